The highest BCUT2D eigenvalue weighted by molar-refractivity contribution is 5.36. The van der Waals surface area contributed by atoms with E-state index >= 15 is 0 Å². The van der Waals surface area contributed by atoms with Gasteiger partial charge in [0, 0.05) is 25.2 Å². The molecule has 0 atom stereocenters. The largest absolute Gasteiger partial charge is 0.476 e. The number of hydrogen-bond donors (Lipinski definition) is 1. The van der Waals surface area contributed by atoms with Gasteiger partial charge in [-0.2, -0.15) is 0 Å². The monoisotopic (exact) mass is 236 g/mol. The zero-order valence-electron chi connectivity index (χ0n) is 10.5. The predicted molar refractivity (Wildman–Crippen MR) is 67.3 cm³/mol. The fraction of sp³-hybridized carbons (Fsp3) is 0.667. The third-order valence-electron chi connectivity index (χ3n) is 2.86. The summed E-state index contributed by atoms with van der Waals surface area (Å²) in [6, 6.07) is 2.61. The first kappa shape index (κ1) is 12.1. The number of ether oxygens (including phenoxy) is 1. The molecular formula is C12H20N4O. The van der Waals surface area contributed by atoms with Crippen molar-refractivity contribution in [3.8, 4) is 5.88 Å². The molecule has 0 aromatic carbocycles. The number of likely N-dealkylation sites (N-methyl/N-ethyl adjacent to an activating group) is 1. The Morgan fingerprint density at radius 2 is 2.29 bits per heavy atom. The molecule has 1 N–H and O–H groups in total. The van der Waals surface area contributed by atoms with Crippen LogP contribution in [0.15, 0.2) is 12.4 Å². The van der Waals surface area contributed by atoms with Gasteiger partial charge in [0.05, 0.1) is 0 Å². The van der Waals surface area contributed by atoms with Crippen molar-refractivity contribution in [3.05, 3.63) is 12.4 Å². The molecule has 0 amide bonds. The summed E-state index contributed by atoms with van der Waals surface area (Å²) < 4.78 is 5.61. The summed E-state index contributed by atoms with van der Waals surface area (Å²) in [6.45, 7) is 4.51. The van der Waals surface area contributed by atoms with Gasteiger partial charge in [-0.25, -0.2) is 9.97 Å². The lowest BCUT2D eigenvalue weighted by Crippen LogP contribution is -2.26. The summed E-state index contributed by atoms with van der Waals surface area (Å²) in [5, 5.41) is 3.13. The summed E-state index contributed by atoms with van der Waals surface area (Å²) in [6.07, 6.45) is 4.18. The van der Waals surface area contributed by atoms with Gasteiger partial charge in [0.25, 0.3) is 0 Å². The van der Waals surface area contributed by atoms with E-state index in [4.69, 9.17) is 4.74 Å². The number of anilines is 1. The summed E-state index contributed by atoms with van der Waals surface area (Å²) in [7, 11) is 2.14. The van der Waals surface area contributed by atoms with Crippen LogP contribution in [0.4, 0.5) is 5.82 Å². The van der Waals surface area contributed by atoms with Crippen molar-refractivity contribution in [1.82, 2.24) is 14.9 Å². The SMILES string of the molecule is CCNc1cc(OCCN(C)C2CC2)ncn1. The van der Waals surface area contributed by atoms with E-state index in [1.807, 2.05) is 13.0 Å². The van der Waals surface area contributed by atoms with Crippen LogP contribution in [-0.2, 0) is 0 Å². The second-order valence-electron chi connectivity index (χ2n) is 4.33. The average molecular weight is 236 g/mol. The highest BCUT2D eigenvalue weighted by atomic mass is 16.5. The summed E-state index contributed by atoms with van der Waals surface area (Å²) in [5.41, 5.74) is 0. The van der Waals surface area contributed by atoms with E-state index < -0.39 is 0 Å². The molecule has 0 unspecified atom stereocenters. The first-order valence-corrected chi connectivity index (χ1v) is 6.18. The minimum absolute atomic E-state index is 0.639. The van der Waals surface area contributed by atoms with Gasteiger partial charge in [-0.05, 0) is 26.8 Å². The quantitative estimate of drug-likeness (QED) is 0.775. The first-order valence-electron chi connectivity index (χ1n) is 6.18. The molecule has 94 valence electrons. The third kappa shape index (κ3) is 3.85. The molecule has 1 heterocycles. The van der Waals surface area contributed by atoms with Gasteiger partial charge in [-0.3, -0.25) is 0 Å². The van der Waals surface area contributed by atoms with Crippen LogP contribution >= 0.6 is 0 Å². The van der Waals surface area contributed by atoms with Crippen molar-refractivity contribution in [2.24, 2.45) is 0 Å². The Bertz CT molecular complexity index is 354. The van der Waals surface area contributed by atoms with Crippen LogP contribution in [0.5, 0.6) is 5.88 Å². The Balaban J connectivity index is 1.75. The third-order valence-corrected chi connectivity index (χ3v) is 2.86. The predicted octanol–water partition coefficient (Wildman–Crippen LogP) is 1.38. The van der Waals surface area contributed by atoms with Crippen molar-refractivity contribution in [2.75, 3.05) is 32.1 Å². The smallest absolute Gasteiger partial charge is 0.218 e. The highest BCUT2D eigenvalue weighted by Gasteiger charge is 2.25. The molecule has 0 aliphatic heterocycles. The van der Waals surface area contributed by atoms with Crippen LogP contribution in [0, 0.1) is 0 Å². The molecule has 2 rings (SSSR count). The molecule has 1 fully saturated rings. The van der Waals surface area contributed by atoms with E-state index in [0.717, 1.165) is 24.9 Å². The van der Waals surface area contributed by atoms with E-state index in [1.165, 1.54) is 19.2 Å². The lowest BCUT2D eigenvalue weighted by atomic mass is 10.5. The zero-order valence-corrected chi connectivity index (χ0v) is 10.5. The van der Waals surface area contributed by atoms with Gasteiger partial charge in [-0.15, -0.1) is 0 Å². The van der Waals surface area contributed by atoms with Crippen LogP contribution in [-0.4, -0.2) is 47.7 Å². The number of nitrogens with one attached hydrogen (secondary N) is 1. The van der Waals surface area contributed by atoms with E-state index in [2.05, 4.69) is 27.2 Å². The van der Waals surface area contributed by atoms with E-state index in [9.17, 15) is 0 Å². The van der Waals surface area contributed by atoms with Gasteiger partial charge in [-0.1, -0.05) is 0 Å². The van der Waals surface area contributed by atoms with Gasteiger partial charge < -0.3 is 15.0 Å². The van der Waals surface area contributed by atoms with Gasteiger partial charge in [0.2, 0.25) is 5.88 Å². The lowest BCUT2D eigenvalue weighted by molar-refractivity contribution is 0.226. The molecule has 0 spiro atoms. The Morgan fingerprint density at radius 3 is 3.00 bits per heavy atom. The summed E-state index contributed by atoms with van der Waals surface area (Å²) in [4.78, 5) is 10.5. The number of nitrogens with zero attached hydrogens (tertiary/aromatic N) is 3. The second-order valence-corrected chi connectivity index (χ2v) is 4.33. The van der Waals surface area contributed by atoms with Crippen molar-refractivity contribution in [1.29, 1.82) is 0 Å². The van der Waals surface area contributed by atoms with Gasteiger partial charge >= 0.3 is 0 Å². The second kappa shape index (κ2) is 5.82. The minimum atomic E-state index is 0.639. The maximum atomic E-state index is 5.61. The maximum Gasteiger partial charge on any atom is 0.218 e. The number of aromatic nitrogens is 2. The van der Waals surface area contributed by atoms with Crippen LogP contribution in [0.25, 0.3) is 0 Å². The molecule has 1 aliphatic rings. The fourth-order valence-electron chi connectivity index (χ4n) is 1.69. The van der Waals surface area contributed by atoms with E-state index in [-0.39, 0.29) is 0 Å². The fourth-order valence-corrected chi connectivity index (χ4v) is 1.69. The molecule has 0 bridgehead atoms. The zero-order chi connectivity index (χ0) is 12.1. The van der Waals surface area contributed by atoms with E-state index in [0.29, 0.717) is 12.5 Å². The van der Waals surface area contributed by atoms with Gasteiger partial charge in [0.1, 0.15) is 18.8 Å². The normalized spacial score (nSPS) is 15.0. The molecule has 5 heteroatoms. The minimum Gasteiger partial charge on any atom is -0.476 e. The Kier molecular flexibility index (Phi) is 4.14. The molecule has 1 aliphatic carbocycles. The first-order chi connectivity index (χ1) is 8.29. The van der Waals surface area contributed by atoms with Crippen LogP contribution in [0.2, 0.25) is 0 Å². The Labute approximate surface area is 102 Å². The van der Waals surface area contributed by atoms with Crippen molar-refractivity contribution in [2.45, 2.75) is 25.8 Å². The van der Waals surface area contributed by atoms with Crippen LogP contribution in [0.3, 0.4) is 0 Å². The van der Waals surface area contributed by atoms with Crippen molar-refractivity contribution in [3.63, 3.8) is 0 Å². The number of hydrogen-bond acceptors (Lipinski definition) is 5. The average Bonchev–Trinajstić information content (AvgIpc) is 3.14. The Hall–Kier alpha value is -1.36. The lowest BCUT2D eigenvalue weighted by Gasteiger charge is -2.15. The Morgan fingerprint density at radius 1 is 1.47 bits per heavy atom. The standard InChI is InChI=1S/C12H20N4O/c1-3-13-11-8-12(15-9-14-11)17-7-6-16(2)10-4-5-10/h8-10H,3-7H2,1-2H3,(H,13,14,15). The van der Waals surface area contributed by atoms with Crippen molar-refractivity contribution < 1.29 is 4.74 Å². The summed E-state index contributed by atoms with van der Waals surface area (Å²) >= 11 is 0. The highest BCUT2D eigenvalue weighted by Crippen LogP contribution is 2.24. The summed E-state index contributed by atoms with van der Waals surface area (Å²) in [5.74, 6) is 1.45. The molecule has 17 heavy (non-hydrogen) atoms. The molecule has 1 aromatic heterocycles. The molecule has 1 aromatic rings. The molecule has 1 saturated carbocycles. The number of rotatable bonds is 7. The van der Waals surface area contributed by atoms with Crippen LogP contribution < -0.4 is 10.1 Å². The topological polar surface area (TPSA) is 50.3 Å². The molecule has 5 nitrogen and oxygen atoms in total. The molecular weight excluding hydrogens is 216 g/mol. The molecule has 0 saturated heterocycles. The van der Waals surface area contributed by atoms with E-state index in [1.54, 1.807) is 0 Å². The molecule has 0 radical (unpaired) electrons. The van der Waals surface area contributed by atoms with Crippen molar-refractivity contribution >= 4 is 5.82 Å². The van der Waals surface area contributed by atoms with Gasteiger partial charge in [0.15, 0.2) is 0 Å². The maximum absolute atomic E-state index is 5.61. The van der Waals surface area contributed by atoms with Crippen LogP contribution in [0.1, 0.15) is 19.8 Å².